The molecule has 0 unspecified atom stereocenters. The van der Waals surface area contributed by atoms with Crippen LogP contribution in [-0.4, -0.2) is 46.9 Å². The summed E-state index contributed by atoms with van der Waals surface area (Å²) in [5, 5.41) is 0. The van der Waals surface area contributed by atoms with Gasteiger partial charge in [0, 0.05) is 31.7 Å². The molecule has 2 N–H and O–H groups in total. The molecule has 4 nitrogen and oxygen atoms in total. The first-order valence-corrected chi connectivity index (χ1v) is 8.33. The third-order valence-corrected chi connectivity index (χ3v) is 4.40. The van der Waals surface area contributed by atoms with E-state index < -0.39 is 6.04 Å². The van der Waals surface area contributed by atoms with E-state index in [9.17, 15) is 4.79 Å². The van der Waals surface area contributed by atoms with Gasteiger partial charge in [0.1, 0.15) is 0 Å². The van der Waals surface area contributed by atoms with Crippen molar-refractivity contribution in [1.82, 2.24) is 9.80 Å². The lowest BCUT2D eigenvalue weighted by Gasteiger charge is -2.41. The molecule has 0 aromatic heterocycles. The van der Waals surface area contributed by atoms with Crippen LogP contribution in [0, 0.1) is 0 Å². The molecule has 0 saturated carbocycles. The topological polar surface area (TPSA) is 49.6 Å². The molecular weight excluding hydrogens is 274 g/mol. The van der Waals surface area contributed by atoms with Crippen molar-refractivity contribution in [3.63, 3.8) is 0 Å². The Kier molecular flexibility index (Phi) is 5.98. The Bertz CT molecular complexity index is 464. The van der Waals surface area contributed by atoms with Gasteiger partial charge in [-0.1, -0.05) is 30.3 Å². The van der Waals surface area contributed by atoms with Crippen molar-refractivity contribution in [2.24, 2.45) is 5.73 Å². The molecule has 0 aliphatic carbocycles. The standard InChI is InChI=1S/C18H29N3O/c1-14(2)21(18(22)15(3)19)17-9-11-20(12-10-17)13-16-7-5-4-6-8-16/h4-8,14-15,17H,9-13,19H2,1-3H3/t15-/m0/s1. The molecule has 1 aromatic carbocycles. The average Bonchev–Trinajstić information content (AvgIpc) is 2.49. The maximum atomic E-state index is 12.3. The van der Waals surface area contributed by atoms with E-state index in [0.29, 0.717) is 6.04 Å². The molecular formula is C18H29N3O. The lowest BCUT2D eigenvalue weighted by atomic mass is 10.00. The monoisotopic (exact) mass is 303 g/mol. The van der Waals surface area contributed by atoms with E-state index in [-0.39, 0.29) is 11.9 Å². The van der Waals surface area contributed by atoms with E-state index in [1.807, 2.05) is 4.90 Å². The number of amides is 1. The van der Waals surface area contributed by atoms with Crippen LogP contribution in [0.2, 0.25) is 0 Å². The zero-order valence-corrected chi connectivity index (χ0v) is 14.0. The molecule has 122 valence electrons. The van der Waals surface area contributed by atoms with Crippen molar-refractivity contribution >= 4 is 5.91 Å². The van der Waals surface area contributed by atoms with Crippen LogP contribution in [0.15, 0.2) is 30.3 Å². The molecule has 1 atom stereocenters. The molecule has 2 rings (SSSR count). The Labute approximate surface area is 134 Å². The zero-order valence-electron chi connectivity index (χ0n) is 14.0. The number of rotatable bonds is 5. The van der Waals surface area contributed by atoms with Gasteiger partial charge in [-0.15, -0.1) is 0 Å². The van der Waals surface area contributed by atoms with Gasteiger partial charge >= 0.3 is 0 Å². The SMILES string of the molecule is CC(C)N(C(=O)[C@H](C)N)C1CCN(Cc2ccccc2)CC1. The van der Waals surface area contributed by atoms with Gasteiger partial charge in [-0.05, 0) is 39.2 Å². The lowest BCUT2D eigenvalue weighted by Crippen LogP contribution is -2.54. The molecule has 0 radical (unpaired) electrons. The second-order valence-corrected chi connectivity index (χ2v) is 6.62. The summed E-state index contributed by atoms with van der Waals surface area (Å²) >= 11 is 0. The highest BCUT2D eigenvalue weighted by atomic mass is 16.2. The van der Waals surface area contributed by atoms with Crippen LogP contribution in [0.5, 0.6) is 0 Å². The zero-order chi connectivity index (χ0) is 16.1. The number of hydrogen-bond donors (Lipinski definition) is 1. The van der Waals surface area contributed by atoms with Crippen molar-refractivity contribution < 1.29 is 4.79 Å². The van der Waals surface area contributed by atoms with Crippen molar-refractivity contribution in [2.45, 2.75) is 58.3 Å². The Balaban J connectivity index is 1.91. The summed E-state index contributed by atoms with van der Waals surface area (Å²) in [5.74, 6) is 0.0801. The molecule has 22 heavy (non-hydrogen) atoms. The second kappa shape index (κ2) is 7.75. The van der Waals surface area contributed by atoms with Gasteiger partial charge in [0.05, 0.1) is 6.04 Å². The normalized spacial score (nSPS) is 18.4. The summed E-state index contributed by atoms with van der Waals surface area (Å²) in [4.78, 5) is 16.8. The van der Waals surface area contributed by atoms with Crippen LogP contribution in [0.3, 0.4) is 0 Å². The Hall–Kier alpha value is -1.39. The van der Waals surface area contributed by atoms with Gasteiger partial charge in [-0.25, -0.2) is 0 Å². The summed E-state index contributed by atoms with van der Waals surface area (Å²) in [7, 11) is 0. The number of carbonyl (C=O) groups excluding carboxylic acids is 1. The Morgan fingerprint density at radius 3 is 2.32 bits per heavy atom. The van der Waals surface area contributed by atoms with Gasteiger partial charge < -0.3 is 10.6 Å². The van der Waals surface area contributed by atoms with Crippen molar-refractivity contribution in [1.29, 1.82) is 0 Å². The first-order valence-electron chi connectivity index (χ1n) is 8.33. The van der Waals surface area contributed by atoms with Crippen LogP contribution >= 0.6 is 0 Å². The summed E-state index contributed by atoms with van der Waals surface area (Å²) in [5.41, 5.74) is 7.16. The molecule has 1 aromatic rings. The average molecular weight is 303 g/mol. The molecule has 4 heteroatoms. The fourth-order valence-electron chi connectivity index (χ4n) is 3.29. The number of likely N-dealkylation sites (tertiary alicyclic amines) is 1. The Morgan fingerprint density at radius 2 is 1.82 bits per heavy atom. The van der Waals surface area contributed by atoms with Gasteiger partial charge in [-0.2, -0.15) is 0 Å². The molecule has 1 aliphatic heterocycles. The molecule has 1 heterocycles. The summed E-state index contributed by atoms with van der Waals surface area (Å²) < 4.78 is 0. The van der Waals surface area contributed by atoms with E-state index in [1.54, 1.807) is 6.92 Å². The molecule has 0 bridgehead atoms. The fourth-order valence-corrected chi connectivity index (χ4v) is 3.29. The highest BCUT2D eigenvalue weighted by molar-refractivity contribution is 5.81. The largest absolute Gasteiger partial charge is 0.336 e. The first-order chi connectivity index (χ1) is 10.5. The number of nitrogens with zero attached hydrogens (tertiary/aromatic N) is 2. The number of hydrogen-bond acceptors (Lipinski definition) is 3. The maximum absolute atomic E-state index is 12.3. The van der Waals surface area contributed by atoms with Crippen LogP contribution in [0.25, 0.3) is 0 Å². The highest BCUT2D eigenvalue weighted by Gasteiger charge is 2.30. The van der Waals surface area contributed by atoms with Crippen LogP contribution in [-0.2, 0) is 11.3 Å². The maximum Gasteiger partial charge on any atom is 0.239 e. The minimum Gasteiger partial charge on any atom is -0.336 e. The number of carbonyl (C=O) groups is 1. The molecule has 1 fully saturated rings. The summed E-state index contributed by atoms with van der Waals surface area (Å²) in [6.07, 6.45) is 2.06. The predicted octanol–water partition coefficient (Wildman–Crippen LogP) is 2.24. The number of nitrogens with two attached hydrogens (primary N) is 1. The first kappa shape index (κ1) is 17.0. The van der Waals surface area contributed by atoms with E-state index in [4.69, 9.17) is 5.73 Å². The van der Waals surface area contributed by atoms with E-state index in [2.05, 4.69) is 49.1 Å². The van der Waals surface area contributed by atoms with E-state index >= 15 is 0 Å². The number of benzene rings is 1. The fraction of sp³-hybridized carbons (Fsp3) is 0.611. The molecule has 1 saturated heterocycles. The van der Waals surface area contributed by atoms with E-state index in [1.165, 1.54) is 5.56 Å². The molecule has 1 aliphatic rings. The van der Waals surface area contributed by atoms with E-state index in [0.717, 1.165) is 32.5 Å². The van der Waals surface area contributed by atoms with Gasteiger partial charge in [0.25, 0.3) is 0 Å². The predicted molar refractivity (Wildman–Crippen MR) is 90.4 cm³/mol. The van der Waals surface area contributed by atoms with Crippen molar-refractivity contribution in [3.8, 4) is 0 Å². The summed E-state index contributed by atoms with van der Waals surface area (Å²) in [6.45, 7) is 9.01. The third kappa shape index (κ3) is 4.31. The van der Waals surface area contributed by atoms with Gasteiger partial charge in [0.15, 0.2) is 0 Å². The van der Waals surface area contributed by atoms with Gasteiger partial charge in [-0.3, -0.25) is 9.69 Å². The van der Waals surface area contributed by atoms with Crippen LogP contribution < -0.4 is 5.73 Å². The quantitative estimate of drug-likeness (QED) is 0.907. The van der Waals surface area contributed by atoms with Gasteiger partial charge in [0.2, 0.25) is 5.91 Å². The second-order valence-electron chi connectivity index (χ2n) is 6.62. The third-order valence-electron chi connectivity index (χ3n) is 4.40. The summed E-state index contributed by atoms with van der Waals surface area (Å²) in [6, 6.07) is 10.7. The smallest absolute Gasteiger partial charge is 0.239 e. The molecule has 1 amide bonds. The highest BCUT2D eigenvalue weighted by Crippen LogP contribution is 2.21. The van der Waals surface area contributed by atoms with Crippen LogP contribution in [0.1, 0.15) is 39.2 Å². The lowest BCUT2D eigenvalue weighted by molar-refractivity contribution is -0.137. The van der Waals surface area contributed by atoms with Crippen molar-refractivity contribution in [3.05, 3.63) is 35.9 Å². The Morgan fingerprint density at radius 1 is 1.23 bits per heavy atom. The van der Waals surface area contributed by atoms with Crippen molar-refractivity contribution in [2.75, 3.05) is 13.1 Å². The molecule has 0 spiro atoms. The van der Waals surface area contributed by atoms with Crippen LogP contribution in [0.4, 0.5) is 0 Å². The minimum atomic E-state index is -0.412. The number of piperidine rings is 1. The minimum absolute atomic E-state index is 0.0801.